The normalized spacial score (nSPS) is 25.0. The summed E-state index contributed by atoms with van der Waals surface area (Å²) in [5, 5.41) is 0.794. The monoisotopic (exact) mass is 310 g/mol. The molecule has 4 nitrogen and oxygen atoms in total. The highest BCUT2D eigenvalue weighted by atomic mass is 35.5. The van der Waals surface area contributed by atoms with Crippen molar-refractivity contribution in [1.82, 2.24) is 4.90 Å². The Kier molecular flexibility index (Phi) is 6.33. The van der Waals surface area contributed by atoms with E-state index < -0.39 is 0 Å². The van der Waals surface area contributed by atoms with E-state index in [9.17, 15) is 4.79 Å². The molecule has 0 aromatic heterocycles. The molecule has 2 N–H and O–H groups in total. The van der Waals surface area contributed by atoms with Gasteiger partial charge < -0.3 is 15.4 Å². The van der Waals surface area contributed by atoms with E-state index in [-0.39, 0.29) is 6.09 Å². The Labute approximate surface area is 131 Å². The minimum atomic E-state index is -0.124. The van der Waals surface area contributed by atoms with Gasteiger partial charge in [0.25, 0.3) is 0 Å². The average molecular weight is 311 g/mol. The lowest BCUT2D eigenvalue weighted by molar-refractivity contribution is 0.133. The minimum Gasteiger partial charge on any atom is -0.448 e. The number of nitrogens with two attached hydrogens (primary N) is 1. The molecule has 0 bridgehead atoms. The lowest BCUT2D eigenvalue weighted by Crippen LogP contribution is -2.39. The van der Waals surface area contributed by atoms with Gasteiger partial charge in [0.15, 0.2) is 0 Å². The fourth-order valence-corrected chi connectivity index (χ4v) is 2.99. The first kappa shape index (κ1) is 16.1. The summed E-state index contributed by atoms with van der Waals surface area (Å²) in [6.45, 7) is 2.13. The summed E-state index contributed by atoms with van der Waals surface area (Å²) < 4.78 is 4.93. The van der Waals surface area contributed by atoms with Crippen molar-refractivity contribution in [3.8, 4) is 0 Å². The summed E-state index contributed by atoms with van der Waals surface area (Å²) in [5.74, 6) is 0.671. The predicted molar refractivity (Wildman–Crippen MR) is 84.3 cm³/mol. The Morgan fingerprint density at radius 2 is 1.86 bits per heavy atom. The maximum Gasteiger partial charge on any atom is 0.410 e. The van der Waals surface area contributed by atoms with Crippen LogP contribution in [0.5, 0.6) is 0 Å². The number of hydrogen-bond acceptors (Lipinski definition) is 3. The third-order valence-corrected chi connectivity index (χ3v) is 4.37. The zero-order valence-electron chi connectivity index (χ0n) is 12.2. The van der Waals surface area contributed by atoms with Crippen LogP contribution in [0.1, 0.15) is 25.7 Å². The Morgan fingerprint density at radius 1 is 1.19 bits per heavy atom. The molecule has 5 heteroatoms. The van der Waals surface area contributed by atoms with Gasteiger partial charge >= 0.3 is 6.09 Å². The largest absolute Gasteiger partial charge is 0.448 e. The Bertz CT molecular complexity index is 433. The molecule has 0 atom stereocenters. The van der Waals surface area contributed by atoms with E-state index in [1.165, 1.54) is 0 Å². The molecule has 1 aromatic carbocycles. The molecule has 1 saturated heterocycles. The van der Waals surface area contributed by atoms with Crippen molar-refractivity contribution in [3.63, 3.8) is 0 Å². The number of ether oxygens (including phenoxy) is 1. The first-order valence-electron chi connectivity index (χ1n) is 7.54. The molecule has 2 aliphatic rings. The number of hydrogen-bond donors (Lipinski definition) is 1. The lowest BCUT2D eigenvalue weighted by atomic mass is 9.85. The van der Waals surface area contributed by atoms with Gasteiger partial charge in [-0.1, -0.05) is 29.8 Å². The number of rotatable bonds is 2. The maximum atomic E-state index is 11.3. The number of amides is 1. The number of halogens is 1. The van der Waals surface area contributed by atoms with Crippen LogP contribution >= 0.6 is 11.6 Å². The summed E-state index contributed by atoms with van der Waals surface area (Å²) >= 11 is 5.54. The van der Waals surface area contributed by atoms with Gasteiger partial charge in [-0.15, -0.1) is 0 Å². The standard InChI is InChI=1S/C10H18N2O2.C6H5Cl/c11-7-8-1-3-9(4-2-8)12-5-6-14-10(12)13;7-6-4-2-1-3-5-6/h8-9H,1-7,11H2;1-5H. The Morgan fingerprint density at radius 3 is 2.29 bits per heavy atom. The zero-order chi connectivity index (χ0) is 15.1. The van der Waals surface area contributed by atoms with Crippen LogP contribution in [0.2, 0.25) is 5.02 Å². The molecule has 2 fully saturated rings. The van der Waals surface area contributed by atoms with Crippen molar-refractivity contribution < 1.29 is 9.53 Å². The molecule has 0 spiro atoms. The van der Waals surface area contributed by atoms with E-state index in [0.29, 0.717) is 18.6 Å². The molecule has 1 aliphatic carbocycles. The van der Waals surface area contributed by atoms with Crippen molar-refractivity contribution in [2.45, 2.75) is 31.7 Å². The smallest absolute Gasteiger partial charge is 0.410 e. The van der Waals surface area contributed by atoms with E-state index in [0.717, 1.165) is 43.8 Å². The van der Waals surface area contributed by atoms with Gasteiger partial charge in [0.05, 0.1) is 6.54 Å². The summed E-state index contributed by atoms with van der Waals surface area (Å²) in [6.07, 6.45) is 4.38. The molecular formula is C16H23ClN2O2. The first-order valence-corrected chi connectivity index (χ1v) is 7.92. The third-order valence-electron chi connectivity index (χ3n) is 4.12. The first-order chi connectivity index (χ1) is 10.2. The number of carbonyl (C=O) groups is 1. The number of carbonyl (C=O) groups excluding carboxylic acids is 1. The molecule has 21 heavy (non-hydrogen) atoms. The quantitative estimate of drug-likeness (QED) is 0.912. The van der Waals surface area contributed by atoms with Crippen LogP contribution in [0.4, 0.5) is 4.79 Å². The van der Waals surface area contributed by atoms with Crippen molar-refractivity contribution in [2.75, 3.05) is 19.7 Å². The van der Waals surface area contributed by atoms with Crippen LogP contribution in [-0.2, 0) is 4.74 Å². The Hall–Kier alpha value is -1.26. The fraction of sp³-hybridized carbons (Fsp3) is 0.562. The fourth-order valence-electron chi connectivity index (χ4n) is 2.84. The van der Waals surface area contributed by atoms with E-state index in [1.54, 1.807) is 0 Å². The number of nitrogens with zero attached hydrogens (tertiary/aromatic N) is 1. The lowest BCUT2D eigenvalue weighted by Gasteiger charge is -2.32. The van der Waals surface area contributed by atoms with Gasteiger partial charge in [0.1, 0.15) is 6.61 Å². The van der Waals surface area contributed by atoms with Crippen LogP contribution in [-0.4, -0.2) is 36.7 Å². The molecule has 1 heterocycles. The summed E-state index contributed by atoms with van der Waals surface area (Å²) in [5.41, 5.74) is 5.62. The SMILES string of the molecule is Clc1ccccc1.NCC1CCC(N2CCOC2=O)CC1. The minimum absolute atomic E-state index is 0.124. The molecule has 0 unspecified atom stereocenters. The van der Waals surface area contributed by atoms with Gasteiger partial charge in [0, 0.05) is 11.1 Å². The van der Waals surface area contributed by atoms with Crippen molar-refractivity contribution in [1.29, 1.82) is 0 Å². The predicted octanol–water partition coefficient (Wildman–Crippen LogP) is 3.30. The summed E-state index contributed by atoms with van der Waals surface area (Å²) in [7, 11) is 0. The van der Waals surface area contributed by atoms with Gasteiger partial charge in [-0.2, -0.15) is 0 Å². The second kappa shape index (κ2) is 8.25. The van der Waals surface area contributed by atoms with Gasteiger partial charge in [0.2, 0.25) is 0 Å². The van der Waals surface area contributed by atoms with Crippen LogP contribution in [0.15, 0.2) is 30.3 Å². The molecule has 1 aliphatic heterocycles. The van der Waals surface area contributed by atoms with Crippen LogP contribution < -0.4 is 5.73 Å². The van der Waals surface area contributed by atoms with Gasteiger partial charge in [-0.25, -0.2) is 4.79 Å². The summed E-state index contributed by atoms with van der Waals surface area (Å²) in [6, 6.07) is 9.85. The van der Waals surface area contributed by atoms with Crippen molar-refractivity contribution in [2.24, 2.45) is 11.7 Å². The topological polar surface area (TPSA) is 55.6 Å². The third kappa shape index (κ3) is 4.90. The van der Waals surface area contributed by atoms with Crippen LogP contribution in [0.3, 0.4) is 0 Å². The molecule has 1 amide bonds. The Balaban J connectivity index is 0.000000194. The van der Waals surface area contributed by atoms with Gasteiger partial charge in [-0.05, 0) is 50.3 Å². The maximum absolute atomic E-state index is 11.3. The van der Waals surface area contributed by atoms with Crippen LogP contribution in [0.25, 0.3) is 0 Å². The second-order valence-corrected chi connectivity index (χ2v) is 5.95. The highest BCUT2D eigenvalue weighted by molar-refractivity contribution is 6.30. The van der Waals surface area contributed by atoms with Crippen LogP contribution in [0, 0.1) is 5.92 Å². The molecule has 3 rings (SSSR count). The van der Waals surface area contributed by atoms with E-state index in [1.807, 2.05) is 35.2 Å². The molecular weight excluding hydrogens is 288 g/mol. The highest BCUT2D eigenvalue weighted by Crippen LogP contribution is 2.28. The molecule has 116 valence electrons. The molecule has 0 radical (unpaired) electrons. The average Bonchev–Trinajstić information content (AvgIpc) is 2.95. The van der Waals surface area contributed by atoms with E-state index in [2.05, 4.69) is 0 Å². The highest BCUT2D eigenvalue weighted by Gasteiger charge is 2.32. The molecule has 1 saturated carbocycles. The van der Waals surface area contributed by atoms with Crippen molar-refractivity contribution in [3.05, 3.63) is 35.4 Å². The molecule has 1 aromatic rings. The summed E-state index contributed by atoms with van der Waals surface area (Å²) in [4.78, 5) is 13.2. The van der Waals surface area contributed by atoms with Crippen molar-refractivity contribution >= 4 is 17.7 Å². The second-order valence-electron chi connectivity index (χ2n) is 5.51. The zero-order valence-corrected chi connectivity index (χ0v) is 13.0. The number of benzene rings is 1. The number of cyclic esters (lactones) is 1. The van der Waals surface area contributed by atoms with E-state index >= 15 is 0 Å². The van der Waals surface area contributed by atoms with E-state index in [4.69, 9.17) is 22.1 Å². The van der Waals surface area contributed by atoms with Gasteiger partial charge in [-0.3, -0.25) is 0 Å².